The molecule has 0 aliphatic carbocycles. The molecule has 0 bridgehead atoms. The van der Waals surface area contributed by atoms with Crippen LogP contribution in [0.2, 0.25) is 0 Å². The standard InChI is InChI=1S/C8H11N/c1-3-5-8(7-9)6-4-2/h1,4-6H,7,9H2,2H3/b6-4-,8-5+. The minimum atomic E-state index is 0.508. The number of rotatable bonds is 2. The molecule has 0 rings (SSSR count). The fraction of sp³-hybridized carbons (Fsp3) is 0.250. The van der Waals surface area contributed by atoms with E-state index in [9.17, 15) is 0 Å². The minimum absolute atomic E-state index is 0.508. The van der Waals surface area contributed by atoms with Crippen LogP contribution >= 0.6 is 0 Å². The molecular formula is C8H11N. The van der Waals surface area contributed by atoms with Gasteiger partial charge in [0, 0.05) is 6.54 Å². The Labute approximate surface area is 56.3 Å². The van der Waals surface area contributed by atoms with Crippen molar-refractivity contribution in [2.45, 2.75) is 6.92 Å². The van der Waals surface area contributed by atoms with Crippen LogP contribution in [0.1, 0.15) is 6.92 Å². The number of allylic oxidation sites excluding steroid dienone is 2. The fourth-order valence-corrected chi connectivity index (χ4v) is 0.496. The van der Waals surface area contributed by atoms with Gasteiger partial charge < -0.3 is 5.73 Å². The van der Waals surface area contributed by atoms with Gasteiger partial charge in [0.2, 0.25) is 0 Å². The molecule has 48 valence electrons. The van der Waals surface area contributed by atoms with Crippen LogP contribution in [0.5, 0.6) is 0 Å². The Morgan fingerprint density at radius 1 is 1.78 bits per heavy atom. The van der Waals surface area contributed by atoms with Crippen LogP contribution < -0.4 is 5.73 Å². The summed E-state index contributed by atoms with van der Waals surface area (Å²) in [6.45, 7) is 2.44. The summed E-state index contributed by atoms with van der Waals surface area (Å²) in [5.41, 5.74) is 6.32. The molecule has 0 aromatic rings. The molecule has 0 aliphatic rings. The Morgan fingerprint density at radius 3 is 2.78 bits per heavy atom. The quantitative estimate of drug-likeness (QED) is 0.429. The van der Waals surface area contributed by atoms with E-state index in [-0.39, 0.29) is 0 Å². The molecule has 1 heteroatoms. The smallest absolute Gasteiger partial charge is 0.0184 e. The van der Waals surface area contributed by atoms with Crippen molar-refractivity contribution in [1.82, 2.24) is 0 Å². The summed E-state index contributed by atoms with van der Waals surface area (Å²) in [4.78, 5) is 0. The Bertz CT molecular complexity index is 158. The summed E-state index contributed by atoms with van der Waals surface area (Å²) >= 11 is 0. The summed E-state index contributed by atoms with van der Waals surface area (Å²) in [5, 5.41) is 0. The van der Waals surface area contributed by atoms with Gasteiger partial charge in [0.1, 0.15) is 0 Å². The summed E-state index contributed by atoms with van der Waals surface area (Å²) in [6, 6.07) is 0. The first-order valence-corrected chi connectivity index (χ1v) is 2.83. The van der Waals surface area contributed by atoms with Crippen LogP contribution in [0, 0.1) is 12.3 Å². The van der Waals surface area contributed by atoms with E-state index in [0.29, 0.717) is 6.54 Å². The minimum Gasteiger partial charge on any atom is -0.326 e. The number of nitrogens with two attached hydrogens (primary N) is 1. The first kappa shape index (κ1) is 8.00. The van der Waals surface area contributed by atoms with Crippen molar-refractivity contribution < 1.29 is 0 Å². The molecular weight excluding hydrogens is 110 g/mol. The van der Waals surface area contributed by atoms with Crippen molar-refractivity contribution in [3.05, 3.63) is 23.8 Å². The summed E-state index contributed by atoms with van der Waals surface area (Å²) in [6.07, 6.45) is 10.5. The van der Waals surface area contributed by atoms with Crippen molar-refractivity contribution in [2.24, 2.45) is 5.73 Å². The Hall–Kier alpha value is -1.00. The molecule has 0 unspecified atom stereocenters. The van der Waals surface area contributed by atoms with E-state index in [0.717, 1.165) is 5.57 Å². The van der Waals surface area contributed by atoms with Gasteiger partial charge in [0.05, 0.1) is 0 Å². The molecule has 0 amide bonds. The van der Waals surface area contributed by atoms with E-state index in [2.05, 4.69) is 5.92 Å². The van der Waals surface area contributed by atoms with Crippen LogP contribution in [0.25, 0.3) is 0 Å². The Balaban J connectivity index is 4.02. The molecule has 0 fully saturated rings. The maximum absolute atomic E-state index is 5.33. The zero-order valence-electron chi connectivity index (χ0n) is 5.59. The molecule has 0 saturated carbocycles. The second kappa shape index (κ2) is 5.14. The van der Waals surface area contributed by atoms with E-state index >= 15 is 0 Å². The average molecular weight is 121 g/mol. The van der Waals surface area contributed by atoms with Crippen LogP contribution in [0.15, 0.2) is 23.8 Å². The third-order valence-electron chi connectivity index (χ3n) is 0.885. The lowest BCUT2D eigenvalue weighted by molar-refractivity contribution is 1.19. The van der Waals surface area contributed by atoms with Crippen molar-refractivity contribution >= 4 is 0 Å². The van der Waals surface area contributed by atoms with E-state index < -0.39 is 0 Å². The summed E-state index contributed by atoms with van der Waals surface area (Å²) in [5.74, 6) is 2.41. The zero-order chi connectivity index (χ0) is 7.11. The normalized spacial score (nSPS) is 11.9. The highest BCUT2D eigenvalue weighted by atomic mass is 14.5. The van der Waals surface area contributed by atoms with Crippen LogP contribution in [-0.2, 0) is 0 Å². The lowest BCUT2D eigenvalue weighted by Crippen LogP contribution is -2.00. The van der Waals surface area contributed by atoms with E-state index in [1.54, 1.807) is 6.08 Å². The highest BCUT2D eigenvalue weighted by Crippen LogP contribution is 1.91. The summed E-state index contributed by atoms with van der Waals surface area (Å²) < 4.78 is 0. The van der Waals surface area contributed by atoms with Crippen molar-refractivity contribution in [1.29, 1.82) is 0 Å². The monoisotopic (exact) mass is 121 g/mol. The first-order chi connectivity index (χ1) is 4.35. The Morgan fingerprint density at radius 2 is 2.44 bits per heavy atom. The zero-order valence-corrected chi connectivity index (χ0v) is 5.59. The predicted octanol–water partition coefficient (Wildman–Crippen LogP) is 1.08. The van der Waals surface area contributed by atoms with Gasteiger partial charge in [0.15, 0.2) is 0 Å². The van der Waals surface area contributed by atoms with Crippen molar-refractivity contribution in [3.63, 3.8) is 0 Å². The predicted molar refractivity (Wildman–Crippen MR) is 40.8 cm³/mol. The summed E-state index contributed by atoms with van der Waals surface area (Å²) in [7, 11) is 0. The molecule has 1 nitrogen and oxygen atoms in total. The van der Waals surface area contributed by atoms with Crippen molar-refractivity contribution in [3.8, 4) is 12.3 Å². The molecule has 0 heterocycles. The number of hydrogen-bond donors (Lipinski definition) is 1. The molecule has 0 saturated heterocycles. The third-order valence-corrected chi connectivity index (χ3v) is 0.885. The van der Waals surface area contributed by atoms with Gasteiger partial charge in [-0.15, -0.1) is 6.42 Å². The van der Waals surface area contributed by atoms with Gasteiger partial charge in [-0.3, -0.25) is 0 Å². The molecule has 9 heavy (non-hydrogen) atoms. The second-order valence-electron chi connectivity index (χ2n) is 1.59. The highest BCUT2D eigenvalue weighted by Gasteiger charge is 1.81. The highest BCUT2D eigenvalue weighted by molar-refractivity contribution is 5.27. The number of hydrogen-bond acceptors (Lipinski definition) is 1. The van der Waals surface area contributed by atoms with E-state index in [1.165, 1.54) is 0 Å². The molecule has 0 radical (unpaired) electrons. The lowest BCUT2D eigenvalue weighted by Gasteiger charge is -1.89. The topological polar surface area (TPSA) is 26.0 Å². The van der Waals surface area contributed by atoms with Gasteiger partial charge in [-0.1, -0.05) is 18.1 Å². The van der Waals surface area contributed by atoms with Crippen LogP contribution in [0.4, 0.5) is 0 Å². The lowest BCUT2D eigenvalue weighted by atomic mass is 10.2. The Kier molecular flexibility index (Phi) is 4.57. The second-order valence-corrected chi connectivity index (χ2v) is 1.59. The molecule has 0 aromatic carbocycles. The van der Waals surface area contributed by atoms with Gasteiger partial charge >= 0.3 is 0 Å². The van der Waals surface area contributed by atoms with Crippen molar-refractivity contribution in [2.75, 3.05) is 6.54 Å². The maximum Gasteiger partial charge on any atom is 0.0184 e. The van der Waals surface area contributed by atoms with Gasteiger partial charge in [-0.05, 0) is 18.6 Å². The maximum atomic E-state index is 5.33. The number of terminal acetylenes is 1. The third kappa shape index (κ3) is 3.57. The van der Waals surface area contributed by atoms with Gasteiger partial charge in [-0.2, -0.15) is 0 Å². The van der Waals surface area contributed by atoms with Gasteiger partial charge in [-0.25, -0.2) is 0 Å². The first-order valence-electron chi connectivity index (χ1n) is 2.83. The molecule has 0 aliphatic heterocycles. The molecule has 2 N–H and O–H groups in total. The molecule has 0 aromatic heterocycles. The SMILES string of the molecule is C#C/C=C(\C=C/C)CN. The van der Waals surface area contributed by atoms with Gasteiger partial charge in [0.25, 0.3) is 0 Å². The average Bonchev–Trinajstić information content (AvgIpc) is 1.88. The molecule has 0 atom stereocenters. The van der Waals surface area contributed by atoms with Crippen LogP contribution in [-0.4, -0.2) is 6.54 Å². The largest absolute Gasteiger partial charge is 0.326 e. The van der Waals surface area contributed by atoms with E-state index in [4.69, 9.17) is 12.2 Å². The van der Waals surface area contributed by atoms with Crippen LogP contribution in [0.3, 0.4) is 0 Å². The molecule has 0 spiro atoms. The van der Waals surface area contributed by atoms with E-state index in [1.807, 2.05) is 19.1 Å². The fourth-order valence-electron chi connectivity index (χ4n) is 0.496.